The summed E-state index contributed by atoms with van der Waals surface area (Å²) in [4.78, 5) is 22.5. The number of hydrogen-bond donors (Lipinski definition) is 3. The van der Waals surface area contributed by atoms with Crippen LogP contribution in [0.2, 0.25) is 5.02 Å². The predicted molar refractivity (Wildman–Crippen MR) is 84.3 cm³/mol. The van der Waals surface area contributed by atoms with Crippen molar-refractivity contribution < 1.29 is 19.4 Å². The summed E-state index contributed by atoms with van der Waals surface area (Å²) in [7, 11) is 0. The van der Waals surface area contributed by atoms with Crippen LogP contribution in [0.25, 0.3) is 0 Å². The van der Waals surface area contributed by atoms with Crippen LogP contribution in [0.1, 0.15) is 19.8 Å². The molecule has 0 aliphatic rings. The molecule has 0 saturated heterocycles. The van der Waals surface area contributed by atoms with Crippen molar-refractivity contribution in [2.24, 2.45) is 0 Å². The highest BCUT2D eigenvalue weighted by molar-refractivity contribution is 6.30. The van der Waals surface area contributed by atoms with E-state index in [2.05, 4.69) is 10.6 Å². The molecule has 0 heterocycles. The van der Waals surface area contributed by atoms with Gasteiger partial charge in [-0.15, -0.1) is 0 Å². The number of carboxylic acid groups (broad SMARTS) is 1. The Labute approximate surface area is 134 Å². The molecule has 0 fully saturated rings. The van der Waals surface area contributed by atoms with Crippen LogP contribution in [0.3, 0.4) is 0 Å². The molecule has 0 saturated carbocycles. The zero-order valence-corrected chi connectivity index (χ0v) is 13.2. The van der Waals surface area contributed by atoms with Gasteiger partial charge >= 0.3 is 5.97 Å². The molecule has 0 bridgehead atoms. The highest BCUT2D eigenvalue weighted by Crippen LogP contribution is 2.14. The average molecular weight is 329 g/mol. The summed E-state index contributed by atoms with van der Waals surface area (Å²) in [6, 6.07) is 6.24. The first kappa shape index (κ1) is 18.3. The Morgan fingerprint density at radius 2 is 2.00 bits per heavy atom. The van der Waals surface area contributed by atoms with Crippen molar-refractivity contribution in [3.05, 3.63) is 29.3 Å². The molecule has 0 aliphatic carbocycles. The van der Waals surface area contributed by atoms with Gasteiger partial charge in [-0.05, 0) is 30.7 Å². The molecule has 22 heavy (non-hydrogen) atoms. The van der Waals surface area contributed by atoms with Gasteiger partial charge in [-0.2, -0.15) is 0 Å². The van der Waals surface area contributed by atoms with E-state index in [1.165, 1.54) is 0 Å². The second kappa shape index (κ2) is 10.0. The molecule has 1 aromatic rings. The minimum atomic E-state index is -0.944. The van der Waals surface area contributed by atoms with Gasteiger partial charge in [-0.3, -0.25) is 14.9 Å². The van der Waals surface area contributed by atoms with Crippen molar-refractivity contribution in [1.29, 1.82) is 0 Å². The zero-order chi connectivity index (χ0) is 16.4. The highest BCUT2D eigenvalue weighted by atomic mass is 35.5. The third-order valence-corrected chi connectivity index (χ3v) is 3.14. The monoisotopic (exact) mass is 328 g/mol. The smallest absolute Gasteiger partial charge is 0.320 e. The van der Waals surface area contributed by atoms with Crippen LogP contribution in [0, 0.1) is 0 Å². The summed E-state index contributed by atoms with van der Waals surface area (Å²) in [5.74, 6) is -0.534. The molecule has 1 atom stereocenters. The van der Waals surface area contributed by atoms with Crippen molar-refractivity contribution in [1.82, 2.24) is 10.6 Å². The van der Waals surface area contributed by atoms with Crippen LogP contribution in [-0.4, -0.2) is 42.7 Å². The summed E-state index contributed by atoms with van der Waals surface area (Å²) in [5.41, 5.74) is 0. The van der Waals surface area contributed by atoms with Gasteiger partial charge in [0, 0.05) is 5.02 Å². The van der Waals surface area contributed by atoms with Crippen LogP contribution in [0.15, 0.2) is 24.3 Å². The fourth-order valence-corrected chi connectivity index (χ4v) is 1.90. The van der Waals surface area contributed by atoms with Gasteiger partial charge in [0.15, 0.2) is 0 Å². The van der Waals surface area contributed by atoms with E-state index in [1.807, 2.05) is 6.92 Å². The number of benzene rings is 1. The lowest BCUT2D eigenvalue weighted by atomic mass is 10.2. The molecule has 1 unspecified atom stereocenters. The quantitative estimate of drug-likeness (QED) is 0.569. The topological polar surface area (TPSA) is 87.7 Å². The molecule has 0 aliphatic heterocycles. The Kier molecular flexibility index (Phi) is 8.32. The molecule has 3 N–H and O–H groups in total. The number of halogens is 1. The number of carbonyl (C=O) groups excluding carboxylic acids is 1. The molecule has 7 heteroatoms. The Bertz CT molecular complexity index is 479. The van der Waals surface area contributed by atoms with E-state index in [0.29, 0.717) is 30.3 Å². The van der Waals surface area contributed by atoms with Crippen molar-refractivity contribution in [3.8, 4) is 5.75 Å². The Balaban J connectivity index is 2.17. The maximum atomic E-state index is 11.6. The molecule has 6 nitrogen and oxygen atoms in total. The number of ether oxygens (including phenoxy) is 1. The summed E-state index contributed by atoms with van der Waals surface area (Å²) in [6.07, 6.45) is 1.23. The van der Waals surface area contributed by atoms with E-state index in [-0.39, 0.29) is 12.5 Å². The first-order chi connectivity index (χ1) is 10.5. The van der Waals surface area contributed by atoms with E-state index >= 15 is 0 Å². The van der Waals surface area contributed by atoms with Crippen molar-refractivity contribution >= 4 is 23.5 Å². The predicted octanol–water partition coefficient (Wildman–Crippen LogP) is 1.68. The van der Waals surface area contributed by atoms with Crippen molar-refractivity contribution in [2.75, 3.05) is 19.7 Å². The number of carbonyl (C=O) groups is 2. The van der Waals surface area contributed by atoms with Crippen LogP contribution in [-0.2, 0) is 9.59 Å². The first-order valence-electron chi connectivity index (χ1n) is 7.14. The van der Waals surface area contributed by atoms with Crippen molar-refractivity contribution in [3.63, 3.8) is 0 Å². The van der Waals surface area contributed by atoms with E-state index < -0.39 is 12.0 Å². The zero-order valence-electron chi connectivity index (χ0n) is 12.5. The van der Waals surface area contributed by atoms with Crippen LogP contribution in [0.5, 0.6) is 5.75 Å². The third-order valence-electron chi connectivity index (χ3n) is 2.89. The second-order valence-corrected chi connectivity index (χ2v) is 5.15. The van der Waals surface area contributed by atoms with Crippen LogP contribution < -0.4 is 15.4 Å². The Morgan fingerprint density at radius 1 is 1.32 bits per heavy atom. The number of aliphatic carboxylic acids is 1. The van der Waals surface area contributed by atoms with E-state index in [1.54, 1.807) is 24.3 Å². The van der Waals surface area contributed by atoms with Gasteiger partial charge in [-0.25, -0.2) is 0 Å². The first-order valence-corrected chi connectivity index (χ1v) is 7.52. The van der Waals surface area contributed by atoms with Crippen LogP contribution in [0.4, 0.5) is 0 Å². The lowest BCUT2D eigenvalue weighted by Gasteiger charge is -2.13. The minimum absolute atomic E-state index is 0.0298. The molecule has 0 radical (unpaired) electrons. The number of rotatable bonds is 10. The lowest BCUT2D eigenvalue weighted by Crippen LogP contribution is -2.43. The molecule has 122 valence electrons. The summed E-state index contributed by atoms with van der Waals surface area (Å²) in [5, 5.41) is 15.0. The Morgan fingerprint density at radius 3 is 2.59 bits per heavy atom. The summed E-state index contributed by atoms with van der Waals surface area (Å²) in [6.45, 7) is 2.53. The molecule has 1 rings (SSSR count). The molecule has 0 aromatic heterocycles. The number of hydrogen-bond acceptors (Lipinski definition) is 4. The van der Waals surface area contributed by atoms with Gasteiger partial charge < -0.3 is 15.2 Å². The minimum Gasteiger partial charge on any atom is -0.492 e. The number of carboxylic acids is 1. The maximum absolute atomic E-state index is 11.6. The third kappa shape index (κ3) is 7.28. The molecular formula is C15H21ClN2O4. The van der Waals surface area contributed by atoms with Gasteiger partial charge in [0.05, 0.1) is 13.1 Å². The largest absolute Gasteiger partial charge is 0.492 e. The molecular weight excluding hydrogens is 308 g/mol. The molecule has 1 aromatic carbocycles. The number of nitrogens with one attached hydrogen (secondary N) is 2. The van der Waals surface area contributed by atoms with E-state index in [4.69, 9.17) is 21.4 Å². The summed E-state index contributed by atoms with van der Waals surface area (Å²) >= 11 is 5.76. The normalized spacial score (nSPS) is 11.7. The maximum Gasteiger partial charge on any atom is 0.320 e. The average Bonchev–Trinajstić information content (AvgIpc) is 2.49. The van der Waals surface area contributed by atoms with Crippen LogP contribution >= 0.6 is 11.6 Å². The standard InChI is InChI=1S/C15H21ClN2O4/c1-2-3-13(15(20)21)18-10-14(19)17-8-9-22-12-6-4-11(16)5-7-12/h4-7,13,18H,2-3,8-10H2,1H3,(H,17,19)(H,20,21). The van der Waals surface area contributed by atoms with E-state index in [9.17, 15) is 9.59 Å². The van der Waals surface area contributed by atoms with Gasteiger partial charge in [0.2, 0.25) is 5.91 Å². The second-order valence-electron chi connectivity index (χ2n) is 4.71. The van der Waals surface area contributed by atoms with E-state index in [0.717, 1.165) is 6.42 Å². The van der Waals surface area contributed by atoms with Crippen molar-refractivity contribution in [2.45, 2.75) is 25.8 Å². The molecule has 1 amide bonds. The Hall–Kier alpha value is -1.79. The number of amides is 1. The van der Waals surface area contributed by atoms with Gasteiger partial charge in [0.25, 0.3) is 0 Å². The highest BCUT2D eigenvalue weighted by Gasteiger charge is 2.16. The molecule has 0 spiro atoms. The lowest BCUT2D eigenvalue weighted by molar-refractivity contribution is -0.139. The van der Waals surface area contributed by atoms with Gasteiger partial charge in [0.1, 0.15) is 18.4 Å². The SMILES string of the molecule is CCCC(NCC(=O)NCCOc1ccc(Cl)cc1)C(=O)O. The van der Waals surface area contributed by atoms with Gasteiger partial charge in [-0.1, -0.05) is 24.9 Å². The fraction of sp³-hybridized carbons (Fsp3) is 0.467. The summed E-state index contributed by atoms with van der Waals surface area (Å²) < 4.78 is 5.43. The fourth-order valence-electron chi connectivity index (χ4n) is 1.77.